The fourth-order valence-corrected chi connectivity index (χ4v) is 4.12. The zero-order valence-corrected chi connectivity index (χ0v) is 22.2. The Morgan fingerprint density at radius 1 is 1.10 bits per heavy atom. The fourth-order valence-electron chi connectivity index (χ4n) is 2.92. The van der Waals surface area contributed by atoms with E-state index in [1.54, 1.807) is 38.8 Å². The molecule has 3 atom stereocenters. The normalized spacial score (nSPS) is 15.4. The minimum Gasteiger partial charge on any atom is -0.480 e. The minimum absolute atomic E-state index is 0.0179. The van der Waals surface area contributed by atoms with E-state index in [0.29, 0.717) is 0 Å². The van der Waals surface area contributed by atoms with E-state index in [4.69, 9.17) is 0 Å². The highest BCUT2D eigenvalue weighted by Crippen LogP contribution is 2.24. The van der Waals surface area contributed by atoms with Gasteiger partial charge < -0.3 is 15.3 Å². The van der Waals surface area contributed by atoms with Gasteiger partial charge in [-0.05, 0) is 18.3 Å². The molecule has 2 amide bonds. The molecule has 0 bridgehead atoms. The van der Waals surface area contributed by atoms with Gasteiger partial charge in [-0.25, -0.2) is 8.32 Å². The predicted molar refractivity (Wildman–Crippen MR) is 130 cm³/mol. The zero-order chi connectivity index (χ0) is 24.7. The zero-order valence-electron chi connectivity index (χ0n) is 20.1. The van der Waals surface area contributed by atoms with Crippen molar-refractivity contribution in [3.63, 3.8) is 0 Å². The number of ketones is 1. The molecule has 0 aliphatic heterocycles. The van der Waals surface area contributed by atoms with Crippen LogP contribution in [0.25, 0.3) is 0 Å². The SMILES string of the molecule is C/C(=C\[C@H](C(C)C)N(C)C(=O)[C@@H](NI)C(C)(C)C)C(=O)NC(CC(=O)C(C)C)C(=O)O. The lowest BCUT2D eigenvalue weighted by atomic mass is 9.86. The third-order valence-corrected chi connectivity index (χ3v) is 5.75. The first-order valence-electron chi connectivity index (χ1n) is 10.4. The highest BCUT2D eigenvalue weighted by molar-refractivity contribution is 14.1. The third-order valence-electron chi connectivity index (χ3n) is 5.13. The van der Waals surface area contributed by atoms with Gasteiger partial charge >= 0.3 is 5.97 Å². The Hall–Kier alpha value is -1.49. The maximum Gasteiger partial charge on any atom is 0.326 e. The highest BCUT2D eigenvalue weighted by Gasteiger charge is 2.35. The Morgan fingerprint density at radius 3 is 1.97 bits per heavy atom. The molecule has 0 rings (SSSR count). The van der Waals surface area contributed by atoms with E-state index in [-0.39, 0.29) is 47.0 Å². The molecule has 0 spiro atoms. The summed E-state index contributed by atoms with van der Waals surface area (Å²) in [5.41, 5.74) is -0.0154. The van der Waals surface area contributed by atoms with Crippen molar-refractivity contribution >= 4 is 46.4 Å². The maximum atomic E-state index is 13.1. The number of nitrogens with zero attached hydrogens (tertiary/aromatic N) is 1. The smallest absolute Gasteiger partial charge is 0.326 e. The summed E-state index contributed by atoms with van der Waals surface area (Å²) in [5.74, 6) is -2.47. The molecular formula is C22H38IN3O5. The molecule has 0 radical (unpaired) electrons. The van der Waals surface area contributed by atoms with E-state index in [1.807, 2.05) is 57.5 Å². The summed E-state index contributed by atoms with van der Waals surface area (Å²) in [6, 6.07) is -2.08. The maximum absolute atomic E-state index is 13.1. The summed E-state index contributed by atoms with van der Waals surface area (Å²) in [4.78, 5) is 50.8. The van der Waals surface area contributed by atoms with Crippen LogP contribution >= 0.6 is 22.9 Å². The standard InChI is InChI=1S/C22H38IN3O5/c1-12(2)16(26(9)20(29)18(25-23)22(6,7)8)10-14(5)19(28)24-15(21(30)31)11-17(27)13(3)4/h10,12-13,15-16,18,25H,11H2,1-9H3,(H,24,28)(H,30,31)/b14-10+/t15?,16-,18-/m1/s1. The highest BCUT2D eigenvalue weighted by atomic mass is 127. The van der Waals surface area contributed by atoms with Crippen LogP contribution in [0.1, 0.15) is 61.8 Å². The lowest BCUT2D eigenvalue weighted by molar-refractivity contribution is -0.143. The number of amides is 2. The monoisotopic (exact) mass is 551 g/mol. The number of hydrogen-bond donors (Lipinski definition) is 3. The largest absolute Gasteiger partial charge is 0.480 e. The first kappa shape index (κ1) is 29.5. The summed E-state index contributed by atoms with van der Waals surface area (Å²) in [5, 5.41) is 11.8. The topological polar surface area (TPSA) is 116 Å². The molecule has 0 aliphatic carbocycles. The van der Waals surface area contributed by atoms with E-state index < -0.39 is 24.0 Å². The third kappa shape index (κ3) is 9.26. The summed E-state index contributed by atoms with van der Waals surface area (Å²) in [6.07, 6.45) is 1.40. The average molecular weight is 551 g/mol. The molecule has 0 aromatic rings. The number of likely N-dealkylation sites (N-methyl/N-ethyl adjacent to an activating group) is 1. The van der Waals surface area contributed by atoms with Crippen molar-refractivity contribution in [2.45, 2.75) is 79.9 Å². The molecular weight excluding hydrogens is 513 g/mol. The van der Waals surface area contributed by atoms with Crippen LogP contribution in [-0.2, 0) is 19.2 Å². The van der Waals surface area contributed by atoms with Crippen LogP contribution in [-0.4, -0.2) is 58.7 Å². The Kier molecular flexibility index (Phi) is 11.9. The lowest BCUT2D eigenvalue weighted by Gasteiger charge is -2.36. The molecule has 3 N–H and O–H groups in total. The number of carboxylic acids is 1. The van der Waals surface area contributed by atoms with Crippen LogP contribution in [0.15, 0.2) is 11.6 Å². The molecule has 8 nitrogen and oxygen atoms in total. The molecule has 0 heterocycles. The van der Waals surface area contributed by atoms with Gasteiger partial charge in [0.1, 0.15) is 17.9 Å². The van der Waals surface area contributed by atoms with Crippen LogP contribution in [0.3, 0.4) is 0 Å². The van der Waals surface area contributed by atoms with Crippen LogP contribution < -0.4 is 8.85 Å². The summed E-state index contributed by atoms with van der Waals surface area (Å²) < 4.78 is 3.04. The number of aliphatic carboxylic acids is 1. The van der Waals surface area contributed by atoms with Gasteiger partial charge in [-0.3, -0.25) is 14.4 Å². The van der Waals surface area contributed by atoms with Crippen molar-refractivity contribution in [1.29, 1.82) is 0 Å². The second kappa shape index (κ2) is 12.5. The minimum atomic E-state index is -1.30. The van der Waals surface area contributed by atoms with E-state index in [9.17, 15) is 24.3 Å². The van der Waals surface area contributed by atoms with Gasteiger partial charge in [-0.1, -0.05) is 54.5 Å². The van der Waals surface area contributed by atoms with Gasteiger partial charge in [0.2, 0.25) is 11.8 Å². The van der Waals surface area contributed by atoms with Crippen molar-refractivity contribution in [2.75, 3.05) is 7.05 Å². The van der Waals surface area contributed by atoms with Crippen LogP contribution in [0.2, 0.25) is 0 Å². The van der Waals surface area contributed by atoms with Crippen molar-refractivity contribution in [3.05, 3.63) is 11.6 Å². The quantitative estimate of drug-likeness (QED) is 0.207. The molecule has 9 heteroatoms. The number of carboxylic acid groups (broad SMARTS) is 1. The Labute approximate surface area is 200 Å². The molecule has 0 aromatic carbocycles. The number of rotatable bonds is 11. The summed E-state index contributed by atoms with van der Waals surface area (Å²) in [7, 11) is 1.70. The van der Waals surface area contributed by atoms with Gasteiger partial charge in [0.15, 0.2) is 0 Å². The number of halogens is 1. The molecule has 0 saturated carbocycles. The van der Waals surface area contributed by atoms with E-state index in [2.05, 4.69) is 8.85 Å². The predicted octanol–water partition coefficient (Wildman–Crippen LogP) is 2.95. The molecule has 178 valence electrons. The number of carbonyl (C=O) groups is 4. The van der Waals surface area contributed by atoms with Crippen LogP contribution in [0, 0.1) is 17.3 Å². The summed E-state index contributed by atoms with van der Waals surface area (Å²) >= 11 is 1.97. The Bertz CT molecular complexity index is 698. The molecule has 31 heavy (non-hydrogen) atoms. The van der Waals surface area contributed by atoms with Gasteiger partial charge in [0, 0.05) is 47.8 Å². The second-order valence-corrected chi connectivity index (χ2v) is 10.3. The van der Waals surface area contributed by atoms with Crippen molar-refractivity contribution in [1.82, 2.24) is 13.7 Å². The fraction of sp³-hybridized carbons (Fsp3) is 0.727. The number of nitrogens with one attached hydrogen (secondary N) is 2. The van der Waals surface area contributed by atoms with Gasteiger partial charge in [0.05, 0.1) is 6.04 Å². The average Bonchev–Trinajstić information content (AvgIpc) is 2.63. The first-order valence-corrected chi connectivity index (χ1v) is 11.5. The van der Waals surface area contributed by atoms with Crippen molar-refractivity contribution in [2.24, 2.45) is 17.3 Å². The van der Waals surface area contributed by atoms with Crippen molar-refractivity contribution < 1.29 is 24.3 Å². The molecule has 0 aliphatic rings. The Balaban J connectivity index is 5.63. The molecule has 0 fully saturated rings. The second-order valence-electron chi connectivity index (χ2n) is 9.63. The number of carbonyl (C=O) groups excluding carboxylic acids is 3. The van der Waals surface area contributed by atoms with Crippen molar-refractivity contribution in [3.8, 4) is 0 Å². The van der Waals surface area contributed by atoms with E-state index in [1.165, 1.54) is 0 Å². The summed E-state index contributed by atoms with van der Waals surface area (Å²) in [6.45, 7) is 14.7. The Morgan fingerprint density at radius 2 is 1.61 bits per heavy atom. The first-order chi connectivity index (χ1) is 14.0. The van der Waals surface area contributed by atoms with E-state index >= 15 is 0 Å². The van der Waals surface area contributed by atoms with Crippen LogP contribution in [0.5, 0.6) is 0 Å². The molecule has 0 saturated heterocycles. The lowest BCUT2D eigenvalue weighted by Crippen LogP contribution is -2.52. The van der Waals surface area contributed by atoms with Gasteiger partial charge in [0.25, 0.3) is 0 Å². The number of Topliss-reactive ketones (excluding diaryl/α,β-unsaturated/α-hetero) is 1. The molecule has 0 aromatic heterocycles. The van der Waals surface area contributed by atoms with Gasteiger partial charge in [-0.15, -0.1) is 0 Å². The van der Waals surface area contributed by atoms with Crippen LogP contribution in [0.4, 0.5) is 0 Å². The number of hydrogen-bond acceptors (Lipinski definition) is 5. The van der Waals surface area contributed by atoms with E-state index in [0.717, 1.165) is 0 Å². The molecule has 1 unspecified atom stereocenters. The van der Waals surface area contributed by atoms with Gasteiger partial charge in [-0.2, -0.15) is 0 Å².